The van der Waals surface area contributed by atoms with Crippen LogP contribution in [0.15, 0.2) is 0 Å². The van der Waals surface area contributed by atoms with Crippen molar-refractivity contribution in [2.75, 3.05) is 11.5 Å². The molecule has 6 nitrogen and oxygen atoms in total. The minimum absolute atomic E-state index is 0.175. The second-order valence-electron chi connectivity index (χ2n) is 4.27. The lowest BCUT2D eigenvalue weighted by Gasteiger charge is -2.02. The Hall–Kier alpha value is -1.85. The van der Waals surface area contributed by atoms with Crippen LogP contribution in [-0.4, -0.2) is 19.9 Å². The molecule has 1 aliphatic carbocycles. The van der Waals surface area contributed by atoms with Crippen molar-refractivity contribution in [3.8, 4) is 0 Å². The molecule has 3 rings (SSSR count). The summed E-state index contributed by atoms with van der Waals surface area (Å²) in [7, 11) is 0. The van der Waals surface area contributed by atoms with Crippen LogP contribution in [-0.2, 0) is 0 Å². The molecule has 1 aliphatic rings. The van der Waals surface area contributed by atoms with E-state index in [2.05, 4.69) is 19.9 Å². The van der Waals surface area contributed by atoms with Crippen molar-refractivity contribution in [2.24, 2.45) is 0 Å². The normalized spacial score (nSPS) is 17.2. The quantitative estimate of drug-likeness (QED) is 0.666. The largest absolute Gasteiger partial charge is 0.382 e. The number of anilines is 2. The molecule has 0 amide bonds. The van der Waals surface area contributed by atoms with Gasteiger partial charge in [0.25, 0.3) is 0 Å². The molecule has 0 saturated heterocycles. The van der Waals surface area contributed by atoms with Crippen LogP contribution in [0.25, 0.3) is 11.2 Å². The summed E-state index contributed by atoms with van der Waals surface area (Å²) in [6.07, 6.45) is 4.90. The lowest BCUT2D eigenvalue weighted by molar-refractivity contribution is 0.681. The highest BCUT2D eigenvalue weighted by atomic mass is 15.1. The van der Waals surface area contributed by atoms with Gasteiger partial charge in [-0.15, -0.1) is 0 Å². The lowest BCUT2D eigenvalue weighted by atomic mass is 10.1. The van der Waals surface area contributed by atoms with E-state index < -0.39 is 0 Å². The Morgan fingerprint density at radius 1 is 1.06 bits per heavy atom. The highest BCUT2D eigenvalue weighted by Crippen LogP contribution is 2.33. The number of imidazole rings is 1. The fourth-order valence-corrected chi connectivity index (χ4v) is 2.35. The van der Waals surface area contributed by atoms with E-state index in [1.807, 2.05) is 0 Å². The number of fused-ring (bicyclic) bond motifs is 1. The third kappa shape index (κ3) is 1.37. The van der Waals surface area contributed by atoms with Crippen LogP contribution in [0.3, 0.4) is 0 Å². The summed E-state index contributed by atoms with van der Waals surface area (Å²) >= 11 is 0. The molecular weight excluding hydrogens is 204 g/mol. The van der Waals surface area contributed by atoms with Gasteiger partial charge in [-0.1, -0.05) is 12.8 Å². The van der Waals surface area contributed by atoms with E-state index in [1.54, 1.807) is 0 Å². The highest BCUT2D eigenvalue weighted by Gasteiger charge is 2.21. The maximum absolute atomic E-state index is 5.77. The van der Waals surface area contributed by atoms with E-state index in [0.717, 1.165) is 5.82 Å². The molecule has 6 heteroatoms. The van der Waals surface area contributed by atoms with E-state index in [0.29, 0.717) is 22.9 Å². The lowest BCUT2D eigenvalue weighted by Crippen LogP contribution is -1.99. The van der Waals surface area contributed by atoms with Gasteiger partial charge in [-0.2, -0.15) is 9.97 Å². The maximum atomic E-state index is 5.77. The zero-order valence-electron chi connectivity index (χ0n) is 8.90. The molecule has 2 aromatic heterocycles. The summed E-state index contributed by atoms with van der Waals surface area (Å²) < 4.78 is 0. The van der Waals surface area contributed by atoms with Gasteiger partial charge in [-0.05, 0) is 12.8 Å². The first-order chi connectivity index (χ1) is 7.74. The number of nitrogens with two attached hydrogens (primary N) is 2. The van der Waals surface area contributed by atoms with E-state index in [-0.39, 0.29) is 5.95 Å². The van der Waals surface area contributed by atoms with Gasteiger partial charge in [0.1, 0.15) is 11.3 Å². The summed E-state index contributed by atoms with van der Waals surface area (Å²) in [4.78, 5) is 15.7. The molecule has 5 N–H and O–H groups in total. The average Bonchev–Trinajstić information content (AvgIpc) is 2.82. The van der Waals surface area contributed by atoms with Gasteiger partial charge >= 0.3 is 0 Å². The number of rotatable bonds is 1. The monoisotopic (exact) mass is 218 g/mol. The maximum Gasteiger partial charge on any atom is 0.224 e. The fraction of sp³-hybridized carbons (Fsp3) is 0.500. The minimum Gasteiger partial charge on any atom is -0.382 e. The van der Waals surface area contributed by atoms with Crippen molar-refractivity contribution in [1.82, 2.24) is 19.9 Å². The molecule has 0 aliphatic heterocycles. The van der Waals surface area contributed by atoms with Crippen LogP contribution in [0.4, 0.5) is 11.8 Å². The Morgan fingerprint density at radius 2 is 1.81 bits per heavy atom. The first-order valence-corrected chi connectivity index (χ1v) is 5.52. The predicted octanol–water partition coefficient (Wildman–Crippen LogP) is 1.17. The molecule has 16 heavy (non-hydrogen) atoms. The Kier molecular flexibility index (Phi) is 1.95. The molecule has 1 fully saturated rings. The SMILES string of the molecule is Nc1nc(N)c2[nH]c(C3CCCC3)nc2n1. The van der Waals surface area contributed by atoms with Gasteiger partial charge in [0.2, 0.25) is 5.95 Å². The van der Waals surface area contributed by atoms with E-state index >= 15 is 0 Å². The molecular formula is C10H14N6. The molecule has 0 radical (unpaired) electrons. The predicted molar refractivity (Wildman–Crippen MR) is 61.7 cm³/mol. The van der Waals surface area contributed by atoms with Crippen LogP contribution < -0.4 is 11.5 Å². The van der Waals surface area contributed by atoms with Gasteiger partial charge in [-0.3, -0.25) is 0 Å². The summed E-state index contributed by atoms with van der Waals surface area (Å²) in [6, 6.07) is 0. The van der Waals surface area contributed by atoms with E-state index in [4.69, 9.17) is 11.5 Å². The summed E-state index contributed by atoms with van der Waals surface area (Å²) in [5.74, 6) is 2.03. The zero-order chi connectivity index (χ0) is 11.1. The van der Waals surface area contributed by atoms with Crippen molar-refractivity contribution < 1.29 is 0 Å². The van der Waals surface area contributed by atoms with Gasteiger partial charge in [-0.25, -0.2) is 4.98 Å². The number of H-pyrrole nitrogens is 1. The van der Waals surface area contributed by atoms with Crippen molar-refractivity contribution in [2.45, 2.75) is 31.6 Å². The number of nitrogens with one attached hydrogen (secondary N) is 1. The molecule has 2 aromatic rings. The molecule has 0 bridgehead atoms. The molecule has 84 valence electrons. The fourth-order valence-electron chi connectivity index (χ4n) is 2.35. The number of nitrogens with zero attached hydrogens (tertiary/aromatic N) is 3. The molecule has 0 unspecified atom stereocenters. The van der Waals surface area contributed by atoms with Gasteiger partial charge in [0.15, 0.2) is 11.5 Å². The van der Waals surface area contributed by atoms with Crippen LogP contribution in [0, 0.1) is 0 Å². The average molecular weight is 218 g/mol. The van der Waals surface area contributed by atoms with Gasteiger partial charge in [0, 0.05) is 5.92 Å². The third-order valence-corrected chi connectivity index (χ3v) is 3.16. The van der Waals surface area contributed by atoms with Crippen molar-refractivity contribution in [3.63, 3.8) is 0 Å². The van der Waals surface area contributed by atoms with Crippen LogP contribution >= 0.6 is 0 Å². The van der Waals surface area contributed by atoms with E-state index in [9.17, 15) is 0 Å². The summed E-state index contributed by atoms with van der Waals surface area (Å²) in [5.41, 5.74) is 12.6. The van der Waals surface area contributed by atoms with Crippen molar-refractivity contribution in [1.29, 1.82) is 0 Å². The zero-order valence-corrected chi connectivity index (χ0v) is 8.90. The van der Waals surface area contributed by atoms with Crippen molar-refractivity contribution in [3.05, 3.63) is 5.82 Å². The number of aromatic nitrogens is 4. The minimum atomic E-state index is 0.175. The standard InChI is InChI=1S/C10H14N6/c11-7-6-9(16-10(12)14-7)15-8(13-6)5-3-1-2-4-5/h5H,1-4H2,(H5,11,12,13,14,15,16). The van der Waals surface area contributed by atoms with Crippen LogP contribution in [0.2, 0.25) is 0 Å². The number of hydrogen-bond acceptors (Lipinski definition) is 5. The number of aromatic amines is 1. The highest BCUT2D eigenvalue weighted by molar-refractivity contribution is 5.82. The number of nitrogen functional groups attached to an aromatic ring is 2. The summed E-state index contributed by atoms with van der Waals surface area (Å²) in [5, 5.41) is 0. The van der Waals surface area contributed by atoms with Gasteiger partial charge < -0.3 is 16.5 Å². The number of hydrogen-bond donors (Lipinski definition) is 3. The Labute approximate surface area is 92.5 Å². The topological polar surface area (TPSA) is 106 Å². The van der Waals surface area contributed by atoms with Crippen LogP contribution in [0.5, 0.6) is 0 Å². The smallest absolute Gasteiger partial charge is 0.224 e. The van der Waals surface area contributed by atoms with Crippen molar-refractivity contribution >= 4 is 22.9 Å². The Morgan fingerprint density at radius 3 is 2.56 bits per heavy atom. The van der Waals surface area contributed by atoms with Gasteiger partial charge in [0.05, 0.1) is 0 Å². The van der Waals surface area contributed by atoms with Crippen LogP contribution in [0.1, 0.15) is 37.4 Å². The molecule has 2 heterocycles. The molecule has 1 saturated carbocycles. The molecule has 0 spiro atoms. The van der Waals surface area contributed by atoms with E-state index in [1.165, 1.54) is 25.7 Å². The first-order valence-electron chi connectivity index (χ1n) is 5.52. The molecule has 0 aromatic carbocycles. The second-order valence-corrected chi connectivity index (χ2v) is 4.27. The summed E-state index contributed by atoms with van der Waals surface area (Å²) in [6.45, 7) is 0. The first kappa shape index (κ1) is 9.38. The Balaban J connectivity index is 2.11. The molecule has 0 atom stereocenters. The third-order valence-electron chi connectivity index (χ3n) is 3.16. The Bertz CT molecular complexity index is 525. The second kappa shape index (κ2) is 3.33.